The summed E-state index contributed by atoms with van der Waals surface area (Å²) in [5.74, 6) is -1.71. The molecule has 0 bridgehead atoms. The summed E-state index contributed by atoms with van der Waals surface area (Å²) in [4.78, 5) is 40.5. The third-order valence-corrected chi connectivity index (χ3v) is 7.06. The summed E-state index contributed by atoms with van der Waals surface area (Å²) in [5, 5.41) is 2.89. The zero-order valence-electron chi connectivity index (χ0n) is 19.2. The molecule has 1 heterocycles. The van der Waals surface area contributed by atoms with Gasteiger partial charge in [-0.1, -0.05) is 49.4 Å². The number of carbonyl (C=O) groups excluding carboxylic acids is 3. The molecule has 3 rings (SSSR count). The van der Waals surface area contributed by atoms with Crippen molar-refractivity contribution < 1.29 is 22.8 Å². The second kappa shape index (κ2) is 9.35. The monoisotopic (exact) mass is 471 g/mol. The molecule has 0 fully saturated rings. The quantitative estimate of drug-likeness (QED) is 0.668. The Kier molecular flexibility index (Phi) is 6.92. The molecule has 33 heavy (non-hydrogen) atoms. The predicted octanol–water partition coefficient (Wildman–Crippen LogP) is 2.55. The van der Waals surface area contributed by atoms with Gasteiger partial charge in [-0.05, 0) is 44.9 Å². The van der Waals surface area contributed by atoms with Crippen LogP contribution in [-0.4, -0.2) is 53.5 Å². The van der Waals surface area contributed by atoms with Crippen LogP contribution in [0, 0.1) is 0 Å². The van der Waals surface area contributed by atoms with Gasteiger partial charge in [0, 0.05) is 12.1 Å². The summed E-state index contributed by atoms with van der Waals surface area (Å²) in [7, 11) is -4.14. The van der Waals surface area contributed by atoms with Crippen LogP contribution < -0.4 is 5.32 Å². The molecule has 0 aromatic heterocycles. The largest absolute Gasteiger partial charge is 0.350 e. The van der Waals surface area contributed by atoms with Gasteiger partial charge in [-0.3, -0.25) is 14.4 Å². The first-order valence-corrected chi connectivity index (χ1v) is 12.2. The van der Waals surface area contributed by atoms with Crippen molar-refractivity contribution in [2.24, 2.45) is 0 Å². The van der Waals surface area contributed by atoms with Gasteiger partial charge in [0.25, 0.3) is 15.9 Å². The number of sulfonamides is 1. The van der Waals surface area contributed by atoms with Crippen LogP contribution in [0.3, 0.4) is 0 Å². The van der Waals surface area contributed by atoms with Gasteiger partial charge in [0.05, 0.1) is 5.56 Å². The third kappa shape index (κ3) is 5.24. The fourth-order valence-corrected chi connectivity index (χ4v) is 5.27. The lowest BCUT2D eigenvalue weighted by atomic mass is 10.1. The molecule has 2 aromatic carbocycles. The van der Waals surface area contributed by atoms with E-state index >= 15 is 0 Å². The highest BCUT2D eigenvalue weighted by Crippen LogP contribution is 2.30. The van der Waals surface area contributed by atoms with E-state index in [1.54, 1.807) is 13.0 Å². The average Bonchev–Trinajstić information content (AvgIpc) is 2.94. The van der Waals surface area contributed by atoms with Crippen LogP contribution in [0.4, 0.5) is 0 Å². The zero-order chi connectivity index (χ0) is 24.4. The van der Waals surface area contributed by atoms with E-state index in [1.807, 2.05) is 51.1 Å². The molecule has 176 valence electrons. The molecule has 0 radical (unpaired) electrons. The summed E-state index contributed by atoms with van der Waals surface area (Å²) in [6, 6.07) is 14.2. The Morgan fingerprint density at radius 2 is 1.64 bits per heavy atom. The van der Waals surface area contributed by atoms with Crippen molar-refractivity contribution in [3.05, 3.63) is 65.7 Å². The van der Waals surface area contributed by atoms with Gasteiger partial charge < -0.3 is 10.2 Å². The van der Waals surface area contributed by atoms with Gasteiger partial charge in [-0.25, -0.2) is 12.7 Å². The molecule has 1 aliphatic rings. The molecule has 8 nitrogen and oxygen atoms in total. The first-order chi connectivity index (χ1) is 15.5. The van der Waals surface area contributed by atoms with Crippen LogP contribution in [0.25, 0.3) is 0 Å². The van der Waals surface area contributed by atoms with Gasteiger partial charge in [-0.15, -0.1) is 0 Å². The fourth-order valence-electron chi connectivity index (χ4n) is 3.75. The number of amides is 3. The Morgan fingerprint density at radius 3 is 2.21 bits per heavy atom. The SMILES string of the molecule is CC[C@H](C(=O)NC(C)(C)C)N(Cc1ccccc1)C(=O)CN1C(=O)c2ccccc2S1(=O)=O. The smallest absolute Gasteiger partial charge is 0.269 e. The van der Waals surface area contributed by atoms with Crippen molar-refractivity contribution in [1.82, 2.24) is 14.5 Å². The van der Waals surface area contributed by atoms with Crippen LogP contribution in [-0.2, 0) is 26.2 Å². The van der Waals surface area contributed by atoms with Crippen LogP contribution in [0.1, 0.15) is 50.0 Å². The van der Waals surface area contributed by atoms with E-state index in [2.05, 4.69) is 5.32 Å². The minimum atomic E-state index is -4.14. The van der Waals surface area contributed by atoms with Crippen LogP contribution in [0.2, 0.25) is 0 Å². The van der Waals surface area contributed by atoms with E-state index in [0.717, 1.165) is 5.56 Å². The molecule has 1 atom stereocenters. The lowest BCUT2D eigenvalue weighted by Crippen LogP contribution is -2.55. The minimum Gasteiger partial charge on any atom is -0.350 e. The molecule has 0 saturated heterocycles. The summed E-state index contributed by atoms with van der Waals surface area (Å²) >= 11 is 0. The molecule has 0 aliphatic carbocycles. The molecule has 0 spiro atoms. The normalized spacial score (nSPS) is 15.6. The first-order valence-electron chi connectivity index (χ1n) is 10.8. The molecule has 1 N–H and O–H groups in total. The second-order valence-corrected chi connectivity index (χ2v) is 10.8. The maximum absolute atomic E-state index is 13.4. The van der Waals surface area contributed by atoms with Crippen molar-refractivity contribution in [1.29, 1.82) is 0 Å². The number of fused-ring (bicyclic) bond motifs is 1. The number of carbonyl (C=O) groups is 3. The standard InChI is InChI=1S/C24H29N3O5S/c1-5-19(22(29)25-24(2,3)4)26(15-17-11-7-6-8-12-17)21(28)16-27-23(30)18-13-9-10-14-20(18)33(27,31)32/h6-14,19H,5,15-16H2,1-4H3,(H,25,29)/t19-/m1/s1. The maximum atomic E-state index is 13.4. The zero-order valence-corrected chi connectivity index (χ0v) is 20.1. The first kappa shape index (κ1) is 24.4. The summed E-state index contributed by atoms with van der Waals surface area (Å²) in [6.07, 6.45) is 0.321. The predicted molar refractivity (Wildman–Crippen MR) is 124 cm³/mol. The average molecular weight is 472 g/mol. The van der Waals surface area contributed by atoms with Gasteiger partial charge in [0.1, 0.15) is 17.5 Å². The highest BCUT2D eigenvalue weighted by atomic mass is 32.2. The topological polar surface area (TPSA) is 104 Å². The van der Waals surface area contributed by atoms with Crippen molar-refractivity contribution in [2.45, 2.75) is 57.1 Å². The highest BCUT2D eigenvalue weighted by Gasteiger charge is 2.43. The number of hydrogen-bond acceptors (Lipinski definition) is 5. The number of nitrogens with one attached hydrogen (secondary N) is 1. The van der Waals surface area contributed by atoms with Gasteiger partial charge in [-0.2, -0.15) is 0 Å². The van der Waals surface area contributed by atoms with Crippen LogP contribution in [0.15, 0.2) is 59.5 Å². The van der Waals surface area contributed by atoms with E-state index in [1.165, 1.54) is 23.1 Å². The Bertz CT molecular complexity index is 1160. The fraction of sp³-hybridized carbons (Fsp3) is 0.375. The Labute approximate surface area is 194 Å². The molecular weight excluding hydrogens is 442 g/mol. The van der Waals surface area contributed by atoms with Crippen molar-refractivity contribution in [3.8, 4) is 0 Å². The minimum absolute atomic E-state index is 0.0393. The Balaban J connectivity index is 1.92. The molecule has 0 saturated carbocycles. The van der Waals surface area contributed by atoms with Crippen molar-refractivity contribution >= 4 is 27.7 Å². The van der Waals surface area contributed by atoms with E-state index in [9.17, 15) is 22.8 Å². The van der Waals surface area contributed by atoms with Crippen molar-refractivity contribution in [2.75, 3.05) is 6.54 Å². The number of nitrogens with zero attached hydrogens (tertiary/aromatic N) is 2. The Hall–Kier alpha value is -3.20. The molecule has 2 aromatic rings. The summed E-state index contributed by atoms with van der Waals surface area (Å²) in [5.41, 5.74) is 0.311. The lowest BCUT2D eigenvalue weighted by Gasteiger charge is -2.33. The van der Waals surface area contributed by atoms with E-state index < -0.39 is 40.0 Å². The number of benzene rings is 2. The molecule has 1 aliphatic heterocycles. The molecule has 0 unspecified atom stereocenters. The van der Waals surface area contributed by atoms with E-state index in [0.29, 0.717) is 10.7 Å². The van der Waals surface area contributed by atoms with Gasteiger partial charge in [0.2, 0.25) is 11.8 Å². The van der Waals surface area contributed by atoms with Crippen LogP contribution >= 0.6 is 0 Å². The van der Waals surface area contributed by atoms with Gasteiger partial charge >= 0.3 is 0 Å². The van der Waals surface area contributed by atoms with Crippen LogP contribution in [0.5, 0.6) is 0 Å². The van der Waals surface area contributed by atoms with E-state index in [-0.39, 0.29) is 22.9 Å². The number of hydrogen-bond donors (Lipinski definition) is 1. The second-order valence-electron chi connectivity index (χ2n) is 8.98. The summed E-state index contributed by atoms with van der Waals surface area (Å²) < 4.78 is 26.4. The molecule has 3 amide bonds. The summed E-state index contributed by atoms with van der Waals surface area (Å²) in [6.45, 7) is 6.73. The Morgan fingerprint density at radius 1 is 1.03 bits per heavy atom. The molecule has 9 heteroatoms. The third-order valence-electron chi connectivity index (χ3n) is 5.27. The number of rotatable bonds is 7. The van der Waals surface area contributed by atoms with Crippen molar-refractivity contribution in [3.63, 3.8) is 0 Å². The van der Waals surface area contributed by atoms with Gasteiger partial charge in [0.15, 0.2) is 0 Å². The van der Waals surface area contributed by atoms with E-state index in [4.69, 9.17) is 0 Å². The lowest BCUT2D eigenvalue weighted by molar-refractivity contribution is -0.141. The maximum Gasteiger partial charge on any atom is 0.269 e. The highest BCUT2D eigenvalue weighted by molar-refractivity contribution is 7.90. The molecular formula is C24H29N3O5S.